The number of nitro benzene ring substituents is 1. The number of amides is 1. The fraction of sp³-hybridized carbons (Fsp3) is 0.0714. The average molecular weight is 307 g/mol. The van der Waals surface area contributed by atoms with Crippen LogP contribution in [0.1, 0.15) is 15.9 Å². The van der Waals surface area contributed by atoms with E-state index in [1.807, 2.05) is 0 Å². The van der Waals surface area contributed by atoms with E-state index in [9.17, 15) is 20.0 Å². The number of hydrogen-bond donors (Lipinski definition) is 2. The van der Waals surface area contributed by atoms with Gasteiger partial charge < -0.3 is 10.4 Å². The second-order valence-corrected chi connectivity index (χ2v) is 4.57. The van der Waals surface area contributed by atoms with E-state index in [-0.39, 0.29) is 17.2 Å². The van der Waals surface area contributed by atoms with Crippen molar-refractivity contribution in [3.63, 3.8) is 0 Å². The zero-order valence-electron chi connectivity index (χ0n) is 10.7. The lowest BCUT2D eigenvalue weighted by molar-refractivity contribution is -0.385. The summed E-state index contributed by atoms with van der Waals surface area (Å²) >= 11 is 5.77. The molecule has 0 saturated carbocycles. The highest BCUT2D eigenvalue weighted by molar-refractivity contribution is 6.33. The van der Waals surface area contributed by atoms with Gasteiger partial charge in [0.15, 0.2) is 0 Å². The SMILES string of the molecule is O=C(Nc1ccccc1CO)c1cccc(Cl)c1[N+](=O)[O-]. The van der Waals surface area contributed by atoms with Crippen LogP contribution >= 0.6 is 11.6 Å². The molecule has 0 aromatic heterocycles. The van der Waals surface area contributed by atoms with Crippen LogP contribution in [0.25, 0.3) is 0 Å². The Kier molecular flexibility index (Phi) is 4.52. The first-order valence-electron chi connectivity index (χ1n) is 5.97. The molecular formula is C14H11ClN2O4. The van der Waals surface area contributed by atoms with Gasteiger partial charge in [-0.25, -0.2) is 0 Å². The van der Waals surface area contributed by atoms with Crippen molar-refractivity contribution < 1.29 is 14.8 Å². The molecule has 0 unspecified atom stereocenters. The van der Waals surface area contributed by atoms with Crippen LogP contribution in [-0.2, 0) is 6.61 Å². The third kappa shape index (κ3) is 3.18. The number of carbonyl (C=O) groups excluding carboxylic acids is 1. The minimum absolute atomic E-state index is 0.108. The van der Waals surface area contributed by atoms with Gasteiger partial charge in [0.1, 0.15) is 10.6 Å². The van der Waals surface area contributed by atoms with Crippen molar-refractivity contribution in [1.82, 2.24) is 0 Å². The molecule has 108 valence electrons. The minimum atomic E-state index is -0.699. The van der Waals surface area contributed by atoms with E-state index < -0.39 is 16.5 Å². The number of hydrogen-bond acceptors (Lipinski definition) is 4. The Morgan fingerprint density at radius 2 is 1.95 bits per heavy atom. The van der Waals surface area contributed by atoms with Crippen molar-refractivity contribution in [2.45, 2.75) is 6.61 Å². The highest BCUT2D eigenvalue weighted by atomic mass is 35.5. The van der Waals surface area contributed by atoms with Crippen molar-refractivity contribution in [3.05, 3.63) is 68.7 Å². The molecule has 0 heterocycles. The minimum Gasteiger partial charge on any atom is -0.392 e. The molecule has 0 spiro atoms. The maximum absolute atomic E-state index is 12.2. The Morgan fingerprint density at radius 3 is 2.62 bits per heavy atom. The number of aliphatic hydroxyl groups excluding tert-OH is 1. The van der Waals surface area contributed by atoms with Crippen molar-refractivity contribution in [1.29, 1.82) is 0 Å². The van der Waals surface area contributed by atoms with Crippen molar-refractivity contribution in [2.75, 3.05) is 5.32 Å². The summed E-state index contributed by atoms with van der Waals surface area (Å²) in [6.07, 6.45) is 0. The smallest absolute Gasteiger partial charge is 0.300 e. The van der Waals surface area contributed by atoms with Gasteiger partial charge in [-0.3, -0.25) is 14.9 Å². The van der Waals surface area contributed by atoms with E-state index in [4.69, 9.17) is 11.6 Å². The molecule has 0 fully saturated rings. The summed E-state index contributed by atoms with van der Waals surface area (Å²) < 4.78 is 0. The van der Waals surface area contributed by atoms with Crippen LogP contribution < -0.4 is 5.32 Å². The van der Waals surface area contributed by atoms with Crippen molar-refractivity contribution in [3.8, 4) is 0 Å². The van der Waals surface area contributed by atoms with Gasteiger partial charge in [-0.05, 0) is 18.2 Å². The zero-order chi connectivity index (χ0) is 15.4. The first-order valence-corrected chi connectivity index (χ1v) is 6.35. The molecule has 2 N–H and O–H groups in total. The zero-order valence-corrected chi connectivity index (χ0v) is 11.5. The van der Waals surface area contributed by atoms with Gasteiger partial charge in [-0.2, -0.15) is 0 Å². The molecule has 0 radical (unpaired) electrons. The normalized spacial score (nSPS) is 10.2. The fourth-order valence-corrected chi connectivity index (χ4v) is 2.10. The summed E-state index contributed by atoms with van der Waals surface area (Å²) in [5.41, 5.74) is 0.313. The van der Waals surface area contributed by atoms with E-state index in [1.165, 1.54) is 18.2 Å². The molecule has 0 bridgehead atoms. The summed E-state index contributed by atoms with van der Waals surface area (Å²) in [5, 5.41) is 22.7. The second kappa shape index (κ2) is 6.34. The Hall–Kier alpha value is -2.44. The van der Waals surface area contributed by atoms with Gasteiger partial charge in [-0.15, -0.1) is 0 Å². The Bertz CT molecular complexity index is 703. The first kappa shape index (κ1) is 15.0. The molecule has 2 rings (SSSR count). The number of anilines is 1. The second-order valence-electron chi connectivity index (χ2n) is 4.16. The molecule has 1 amide bonds. The maximum Gasteiger partial charge on any atom is 0.300 e. The van der Waals surface area contributed by atoms with E-state index >= 15 is 0 Å². The van der Waals surface area contributed by atoms with Crippen LogP contribution in [0.4, 0.5) is 11.4 Å². The van der Waals surface area contributed by atoms with E-state index in [0.29, 0.717) is 11.3 Å². The third-order valence-electron chi connectivity index (χ3n) is 2.85. The largest absolute Gasteiger partial charge is 0.392 e. The molecular weight excluding hydrogens is 296 g/mol. The van der Waals surface area contributed by atoms with Gasteiger partial charge in [0, 0.05) is 11.3 Å². The van der Waals surface area contributed by atoms with Crippen LogP contribution in [0.2, 0.25) is 5.02 Å². The molecule has 2 aromatic rings. The standard InChI is InChI=1S/C14H11ClN2O4/c15-11-6-3-5-10(13(11)17(20)21)14(19)16-12-7-2-1-4-9(12)8-18/h1-7,18H,8H2,(H,16,19). The monoisotopic (exact) mass is 306 g/mol. The lowest BCUT2D eigenvalue weighted by Gasteiger charge is -2.09. The van der Waals surface area contributed by atoms with Gasteiger partial charge in [-0.1, -0.05) is 35.9 Å². The van der Waals surface area contributed by atoms with E-state index in [0.717, 1.165) is 0 Å². The lowest BCUT2D eigenvalue weighted by atomic mass is 10.1. The number of benzene rings is 2. The van der Waals surface area contributed by atoms with E-state index in [2.05, 4.69) is 5.32 Å². The molecule has 7 heteroatoms. The predicted octanol–water partition coefficient (Wildman–Crippen LogP) is 2.99. The molecule has 2 aromatic carbocycles. The average Bonchev–Trinajstić information content (AvgIpc) is 2.47. The molecule has 21 heavy (non-hydrogen) atoms. The van der Waals surface area contributed by atoms with Crippen molar-refractivity contribution in [2.24, 2.45) is 0 Å². The van der Waals surface area contributed by atoms with Crippen LogP contribution in [-0.4, -0.2) is 15.9 Å². The summed E-state index contributed by atoms with van der Waals surface area (Å²) in [4.78, 5) is 22.5. The summed E-state index contributed by atoms with van der Waals surface area (Å²) in [6.45, 7) is -0.256. The van der Waals surface area contributed by atoms with Gasteiger partial charge in [0.05, 0.1) is 11.5 Å². The van der Waals surface area contributed by atoms with Crippen molar-refractivity contribution >= 4 is 28.9 Å². The molecule has 0 aliphatic heterocycles. The number of nitrogens with zero attached hydrogens (tertiary/aromatic N) is 1. The van der Waals surface area contributed by atoms with Gasteiger partial charge in [0.2, 0.25) is 0 Å². The number of rotatable bonds is 4. The number of halogens is 1. The van der Waals surface area contributed by atoms with Gasteiger partial charge in [0.25, 0.3) is 5.91 Å². The van der Waals surface area contributed by atoms with Crippen LogP contribution in [0, 0.1) is 10.1 Å². The van der Waals surface area contributed by atoms with E-state index in [1.54, 1.807) is 24.3 Å². The Balaban J connectivity index is 2.38. The van der Waals surface area contributed by atoms with Crippen LogP contribution in [0.15, 0.2) is 42.5 Å². The predicted molar refractivity (Wildman–Crippen MR) is 78.4 cm³/mol. The Morgan fingerprint density at radius 1 is 1.24 bits per heavy atom. The number of nitrogens with one attached hydrogen (secondary N) is 1. The summed E-state index contributed by atoms with van der Waals surface area (Å²) in [7, 11) is 0. The molecule has 0 aliphatic carbocycles. The number of aliphatic hydroxyl groups is 1. The number of para-hydroxylation sites is 2. The number of nitro groups is 1. The fourth-order valence-electron chi connectivity index (χ4n) is 1.85. The summed E-state index contributed by atoms with van der Waals surface area (Å²) in [6, 6.07) is 10.8. The maximum atomic E-state index is 12.2. The molecule has 6 nitrogen and oxygen atoms in total. The Labute approximate surface area is 125 Å². The summed E-state index contributed by atoms with van der Waals surface area (Å²) in [5.74, 6) is -0.662. The number of carbonyl (C=O) groups is 1. The van der Waals surface area contributed by atoms with Crippen LogP contribution in [0.3, 0.4) is 0 Å². The molecule has 0 atom stereocenters. The first-order chi connectivity index (χ1) is 10.0. The lowest BCUT2D eigenvalue weighted by Crippen LogP contribution is -2.15. The quantitative estimate of drug-likeness (QED) is 0.671. The highest BCUT2D eigenvalue weighted by Crippen LogP contribution is 2.29. The topological polar surface area (TPSA) is 92.5 Å². The molecule has 0 saturated heterocycles. The highest BCUT2D eigenvalue weighted by Gasteiger charge is 2.23. The van der Waals surface area contributed by atoms with Crippen LogP contribution in [0.5, 0.6) is 0 Å². The third-order valence-corrected chi connectivity index (χ3v) is 3.15. The molecule has 0 aliphatic rings. The van der Waals surface area contributed by atoms with Gasteiger partial charge >= 0.3 is 5.69 Å².